The number of aryl methyl sites for hydroxylation is 3. The van der Waals surface area contributed by atoms with Gasteiger partial charge in [-0.25, -0.2) is 0 Å². The van der Waals surface area contributed by atoms with Gasteiger partial charge in [-0.2, -0.15) is 13.2 Å². The third-order valence-electron chi connectivity index (χ3n) is 5.28. The molecule has 1 saturated heterocycles. The van der Waals surface area contributed by atoms with E-state index >= 15 is 0 Å². The van der Waals surface area contributed by atoms with Crippen LogP contribution in [0, 0.1) is 20.8 Å². The first kappa shape index (κ1) is 29.7. The number of amides is 1. The van der Waals surface area contributed by atoms with Crippen LogP contribution in [0.3, 0.4) is 0 Å². The van der Waals surface area contributed by atoms with Crippen LogP contribution in [0.1, 0.15) is 45.5 Å². The van der Waals surface area contributed by atoms with Gasteiger partial charge in [-0.3, -0.25) is 4.79 Å². The van der Waals surface area contributed by atoms with Crippen molar-refractivity contribution in [2.24, 2.45) is 0 Å². The van der Waals surface area contributed by atoms with Crippen LogP contribution >= 0.6 is 23.2 Å². The quantitative estimate of drug-likeness (QED) is 0.364. The van der Waals surface area contributed by atoms with Crippen molar-refractivity contribution in [2.45, 2.75) is 45.9 Å². The largest absolute Gasteiger partial charge is 0.416 e. The third kappa shape index (κ3) is 10.6. The van der Waals surface area contributed by atoms with E-state index in [0.717, 1.165) is 48.3 Å². The summed E-state index contributed by atoms with van der Waals surface area (Å²) in [5.74, 6) is -0.0181. The molecule has 0 spiro atoms. The summed E-state index contributed by atoms with van der Waals surface area (Å²) in [5.41, 5.74) is 3.24. The zero-order valence-electron chi connectivity index (χ0n) is 20.5. The van der Waals surface area contributed by atoms with Gasteiger partial charge in [0.1, 0.15) is 0 Å². The first-order valence-corrected chi connectivity index (χ1v) is 12.2. The number of rotatable bonds is 3. The first-order chi connectivity index (χ1) is 17.0. The standard InChI is InChI=1S/C13H17NO2.C8H7F3.C7H6Cl2/c1-10-4-6-11(7-5-10)13(15)14-9-12-3-2-8-16-12;1-6-2-4-7(5-3-6)8(9,10)11;1-5-2-3-6(8)7(9)4-5/h4-7,12H,2-3,8-9H2,1H3,(H,14,15);2-5H,1H3;2-4H,1H3. The lowest BCUT2D eigenvalue weighted by Gasteiger charge is -2.10. The van der Waals surface area contributed by atoms with Crippen LogP contribution in [0.4, 0.5) is 13.2 Å². The Kier molecular flexibility index (Phi) is 11.8. The molecule has 1 unspecified atom stereocenters. The number of halogens is 5. The normalized spacial score (nSPS) is 14.7. The maximum Gasteiger partial charge on any atom is 0.416 e. The van der Waals surface area contributed by atoms with Gasteiger partial charge in [-0.1, -0.05) is 64.7 Å². The predicted molar refractivity (Wildman–Crippen MR) is 140 cm³/mol. The predicted octanol–water partition coefficient (Wildman–Crippen LogP) is 8.22. The lowest BCUT2D eigenvalue weighted by molar-refractivity contribution is -0.137. The van der Waals surface area contributed by atoms with Crippen molar-refractivity contribution in [3.8, 4) is 0 Å². The van der Waals surface area contributed by atoms with E-state index in [1.54, 1.807) is 13.0 Å². The summed E-state index contributed by atoms with van der Waals surface area (Å²) in [6.45, 7) is 7.17. The van der Waals surface area contributed by atoms with Crippen LogP contribution in [0.5, 0.6) is 0 Å². The van der Waals surface area contributed by atoms with E-state index in [-0.39, 0.29) is 12.0 Å². The second-order valence-corrected chi connectivity index (χ2v) is 9.31. The van der Waals surface area contributed by atoms with Crippen LogP contribution < -0.4 is 5.32 Å². The monoisotopic (exact) mass is 539 g/mol. The summed E-state index contributed by atoms with van der Waals surface area (Å²) in [7, 11) is 0. The molecular weight excluding hydrogens is 510 g/mol. The summed E-state index contributed by atoms with van der Waals surface area (Å²) in [6, 6.07) is 18.2. The van der Waals surface area contributed by atoms with Crippen LogP contribution in [0.25, 0.3) is 0 Å². The van der Waals surface area contributed by atoms with Gasteiger partial charge in [0.25, 0.3) is 5.91 Å². The van der Waals surface area contributed by atoms with Crippen molar-refractivity contribution in [1.29, 1.82) is 0 Å². The fourth-order valence-corrected chi connectivity index (χ4v) is 3.52. The molecule has 1 aliphatic rings. The number of carbonyl (C=O) groups excluding carboxylic acids is 1. The Labute approximate surface area is 220 Å². The van der Waals surface area contributed by atoms with Crippen LogP contribution in [0.2, 0.25) is 10.0 Å². The van der Waals surface area contributed by atoms with Gasteiger partial charge in [-0.15, -0.1) is 0 Å². The molecule has 1 aliphatic heterocycles. The topological polar surface area (TPSA) is 38.3 Å². The average Bonchev–Trinajstić information content (AvgIpc) is 3.35. The average molecular weight is 540 g/mol. The number of hydrogen-bond acceptors (Lipinski definition) is 2. The van der Waals surface area contributed by atoms with E-state index in [2.05, 4.69) is 5.32 Å². The molecule has 0 radical (unpaired) electrons. The number of alkyl halides is 3. The third-order valence-corrected chi connectivity index (χ3v) is 6.02. The Morgan fingerprint density at radius 1 is 0.889 bits per heavy atom. The first-order valence-electron chi connectivity index (χ1n) is 11.5. The Hall–Kier alpha value is -2.54. The van der Waals surface area contributed by atoms with E-state index in [0.29, 0.717) is 22.2 Å². The van der Waals surface area contributed by atoms with E-state index in [1.165, 1.54) is 12.1 Å². The zero-order chi connectivity index (χ0) is 26.7. The van der Waals surface area contributed by atoms with Gasteiger partial charge in [0.05, 0.1) is 21.7 Å². The maximum absolute atomic E-state index is 11.9. The van der Waals surface area contributed by atoms with Gasteiger partial charge in [0.15, 0.2) is 0 Å². The molecule has 1 heterocycles. The smallest absolute Gasteiger partial charge is 0.376 e. The summed E-state index contributed by atoms with van der Waals surface area (Å²) in [6.07, 6.45) is -1.86. The zero-order valence-corrected chi connectivity index (χ0v) is 22.0. The lowest BCUT2D eigenvalue weighted by atomic mass is 10.1. The maximum atomic E-state index is 11.9. The molecule has 36 heavy (non-hydrogen) atoms. The highest BCUT2D eigenvalue weighted by molar-refractivity contribution is 6.42. The fourth-order valence-electron chi connectivity index (χ4n) is 3.16. The van der Waals surface area contributed by atoms with Crippen molar-refractivity contribution >= 4 is 29.1 Å². The van der Waals surface area contributed by atoms with Gasteiger partial charge < -0.3 is 10.1 Å². The van der Waals surface area contributed by atoms with Crippen LogP contribution in [-0.2, 0) is 10.9 Å². The van der Waals surface area contributed by atoms with Crippen LogP contribution in [0.15, 0.2) is 66.7 Å². The summed E-state index contributed by atoms with van der Waals surface area (Å²) >= 11 is 11.3. The van der Waals surface area contributed by atoms with E-state index in [1.807, 2.05) is 50.2 Å². The molecule has 0 aliphatic carbocycles. The molecule has 4 rings (SSSR count). The molecule has 1 atom stereocenters. The molecule has 194 valence electrons. The Morgan fingerprint density at radius 2 is 1.44 bits per heavy atom. The van der Waals surface area contributed by atoms with Crippen molar-refractivity contribution in [2.75, 3.05) is 13.2 Å². The SMILES string of the molecule is Cc1ccc(C(=O)NCC2CCCO2)cc1.Cc1ccc(C(F)(F)F)cc1.Cc1ccc(Cl)c(Cl)c1. The van der Waals surface area contributed by atoms with E-state index in [4.69, 9.17) is 27.9 Å². The Bertz CT molecular complexity index is 1100. The molecule has 3 aromatic carbocycles. The van der Waals surface area contributed by atoms with Crippen LogP contribution in [-0.4, -0.2) is 25.2 Å². The summed E-state index contributed by atoms with van der Waals surface area (Å²) in [4.78, 5) is 11.7. The second-order valence-electron chi connectivity index (χ2n) is 8.49. The fraction of sp³-hybridized carbons (Fsp3) is 0.321. The molecule has 0 saturated carbocycles. The molecule has 0 bridgehead atoms. The van der Waals surface area contributed by atoms with E-state index < -0.39 is 11.7 Å². The molecule has 3 aromatic rings. The summed E-state index contributed by atoms with van der Waals surface area (Å²) in [5, 5.41) is 4.13. The van der Waals surface area contributed by atoms with Crippen molar-refractivity contribution in [3.05, 3.63) is 105 Å². The van der Waals surface area contributed by atoms with Crippen molar-refractivity contribution in [3.63, 3.8) is 0 Å². The number of hydrogen-bond donors (Lipinski definition) is 1. The minimum atomic E-state index is -4.21. The highest BCUT2D eigenvalue weighted by Gasteiger charge is 2.29. The lowest BCUT2D eigenvalue weighted by Crippen LogP contribution is -2.31. The molecule has 0 aromatic heterocycles. The van der Waals surface area contributed by atoms with Crippen molar-refractivity contribution in [1.82, 2.24) is 5.32 Å². The second kappa shape index (κ2) is 14.3. The number of carbonyl (C=O) groups is 1. The molecule has 1 amide bonds. The van der Waals surface area contributed by atoms with Gasteiger partial charge in [0, 0.05) is 18.7 Å². The molecule has 1 fully saturated rings. The number of nitrogens with one attached hydrogen (secondary N) is 1. The molecular formula is C28H30Cl2F3NO2. The highest BCUT2D eigenvalue weighted by Crippen LogP contribution is 2.28. The summed E-state index contributed by atoms with van der Waals surface area (Å²) < 4.78 is 41.2. The number of ether oxygens (including phenoxy) is 1. The highest BCUT2D eigenvalue weighted by atomic mass is 35.5. The van der Waals surface area contributed by atoms with E-state index in [9.17, 15) is 18.0 Å². The molecule has 8 heteroatoms. The molecule has 3 nitrogen and oxygen atoms in total. The van der Waals surface area contributed by atoms with Crippen molar-refractivity contribution < 1.29 is 22.7 Å². The van der Waals surface area contributed by atoms with Gasteiger partial charge >= 0.3 is 6.18 Å². The van der Waals surface area contributed by atoms with Gasteiger partial charge in [-0.05, 0) is 75.6 Å². The number of benzene rings is 3. The minimum absolute atomic E-state index is 0.0181. The Morgan fingerprint density at radius 3 is 1.92 bits per heavy atom. The minimum Gasteiger partial charge on any atom is -0.376 e. The molecule has 1 N–H and O–H groups in total. The van der Waals surface area contributed by atoms with Gasteiger partial charge in [0.2, 0.25) is 0 Å². The Balaban J connectivity index is 0.000000200.